The third kappa shape index (κ3) is 10.3. The highest BCUT2D eigenvalue weighted by atomic mass is 35.5. The van der Waals surface area contributed by atoms with Crippen LogP contribution in [0.25, 0.3) is 27.9 Å². The Morgan fingerprint density at radius 3 is 2.35 bits per heavy atom. The molecule has 0 fully saturated rings. The summed E-state index contributed by atoms with van der Waals surface area (Å²) in [4.78, 5) is 32.8. The van der Waals surface area contributed by atoms with Crippen LogP contribution in [-0.4, -0.2) is 53.7 Å². The monoisotopic (exact) mass is 753 g/mol. The summed E-state index contributed by atoms with van der Waals surface area (Å²) in [7, 11) is 0. The summed E-state index contributed by atoms with van der Waals surface area (Å²) in [6.07, 6.45) is 1.93. The van der Waals surface area contributed by atoms with Gasteiger partial charge in [-0.3, -0.25) is 19.1 Å². The molecule has 0 saturated carbocycles. The minimum atomic E-state index is -0.620. The van der Waals surface area contributed by atoms with E-state index in [2.05, 4.69) is 41.4 Å². The molecule has 1 aliphatic heterocycles. The lowest BCUT2D eigenvalue weighted by atomic mass is 10.0. The first-order valence-electron chi connectivity index (χ1n) is 18.4. The summed E-state index contributed by atoms with van der Waals surface area (Å²) in [5.41, 5.74) is 3.03. The molecule has 4 aromatic rings. The number of halogens is 2. The van der Waals surface area contributed by atoms with Crippen molar-refractivity contribution in [2.45, 2.75) is 94.9 Å². The number of hydrogen-bond donors (Lipinski definition) is 2. The SMILES string of the molecule is C=N/C=C(\NCCN(CC)C(=O)C(NC(C)=O)C(C)C)c1cc(F)c2c(c1)OC(c1ccc(CC)s1)n1c-2cc2cc(Cl)ccc21.CC.CC.CC. The molecular weight excluding hydrogens is 697 g/mol. The summed E-state index contributed by atoms with van der Waals surface area (Å²) in [6, 6.07) is 14.4. The number of hydrogen-bond acceptors (Lipinski definition) is 6. The highest BCUT2D eigenvalue weighted by Gasteiger charge is 2.33. The van der Waals surface area contributed by atoms with Gasteiger partial charge in [-0.2, -0.15) is 0 Å². The van der Waals surface area contributed by atoms with Crippen LogP contribution >= 0.6 is 22.9 Å². The molecule has 2 unspecified atom stereocenters. The van der Waals surface area contributed by atoms with E-state index in [0.717, 1.165) is 22.2 Å². The number of likely N-dealkylation sites (N-methyl/N-ethyl adjacent to an activating group) is 1. The van der Waals surface area contributed by atoms with Crippen molar-refractivity contribution in [2.24, 2.45) is 10.9 Å². The van der Waals surface area contributed by atoms with Gasteiger partial charge in [0.15, 0.2) is 0 Å². The van der Waals surface area contributed by atoms with Gasteiger partial charge in [-0.1, -0.05) is 73.9 Å². The number of nitrogens with zero attached hydrogens (tertiary/aromatic N) is 3. The van der Waals surface area contributed by atoms with Gasteiger partial charge < -0.3 is 20.3 Å². The van der Waals surface area contributed by atoms with E-state index in [0.29, 0.717) is 52.9 Å². The lowest BCUT2D eigenvalue weighted by Gasteiger charge is -2.30. The molecule has 11 heteroatoms. The molecule has 0 radical (unpaired) electrons. The van der Waals surface area contributed by atoms with E-state index in [9.17, 15) is 9.59 Å². The number of benzene rings is 2. The Balaban J connectivity index is 0.00000148. The zero-order valence-corrected chi connectivity index (χ0v) is 34.3. The van der Waals surface area contributed by atoms with Gasteiger partial charge in [0, 0.05) is 53.6 Å². The van der Waals surface area contributed by atoms with Gasteiger partial charge in [-0.05, 0) is 74.5 Å². The van der Waals surface area contributed by atoms with Crippen molar-refractivity contribution in [3.05, 3.63) is 80.9 Å². The number of amides is 2. The number of carbonyl (C=O) groups excluding carboxylic acids is 2. The standard InChI is InChI=1S/C35H39ClFN5O3S.3C2H6/c1-7-25-10-12-31(46-25)35-42-28-11-9-24(36)15-23(28)17-29(42)32-26(37)16-22(18-30(32)45-35)27(19-38-6)39-13-14-41(8-2)34(44)33(20(3)4)40-21(5)43;3*1-2/h9-12,15-20,33,35,39H,6-8,13-14H2,1-5H3,(H,40,43);3*1-2H3/b27-19-;;;. The fourth-order valence-corrected chi connectivity index (χ4v) is 6.95. The second-order valence-corrected chi connectivity index (χ2v) is 13.2. The maximum atomic E-state index is 16.2. The molecule has 0 spiro atoms. The molecule has 3 heterocycles. The van der Waals surface area contributed by atoms with E-state index in [1.807, 2.05) is 97.2 Å². The molecule has 0 saturated heterocycles. The number of ether oxygens (including phenoxy) is 1. The van der Waals surface area contributed by atoms with Gasteiger partial charge >= 0.3 is 0 Å². The Morgan fingerprint density at radius 2 is 1.77 bits per heavy atom. The van der Waals surface area contributed by atoms with Crippen molar-refractivity contribution in [1.82, 2.24) is 20.1 Å². The van der Waals surface area contributed by atoms with Crippen LogP contribution in [-0.2, 0) is 16.0 Å². The predicted molar refractivity (Wildman–Crippen MR) is 219 cm³/mol. The topological polar surface area (TPSA) is 88.0 Å². The van der Waals surface area contributed by atoms with E-state index >= 15 is 4.39 Å². The Bertz CT molecular complexity index is 1820. The largest absolute Gasteiger partial charge is 0.464 e. The van der Waals surface area contributed by atoms with Crippen LogP contribution in [0.3, 0.4) is 0 Å². The quantitative estimate of drug-likeness (QED) is 0.141. The maximum absolute atomic E-state index is 16.2. The minimum Gasteiger partial charge on any atom is -0.464 e. The number of aliphatic imine (C=N–C) groups is 1. The molecule has 0 bridgehead atoms. The fourth-order valence-electron chi connectivity index (χ4n) is 5.80. The number of nitrogens with one attached hydrogen (secondary N) is 2. The van der Waals surface area contributed by atoms with E-state index in [1.165, 1.54) is 24.1 Å². The summed E-state index contributed by atoms with van der Waals surface area (Å²) in [6.45, 7) is 26.0. The summed E-state index contributed by atoms with van der Waals surface area (Å²) < 4.78 is 24.8. The molecule has 52 heavy (non-hydrogen) atoms. The van der Waals surface area contributed by atoms with Crippen molar-refractivity contribution in [1.29, 1.82) is 0 Å². The molecule has 0 aliphatic carbocycles. The molecular formula is C41H57ClFN5O3S. The second-order valence-electron chi connectivity index (χ2n) is 11.6. The van der Waals surface area contributed by atoms with Gasteiger partial charge in [0.1, 0.15) is 17.6 Å². The lowest BCUT2D eigenvalue weighted by Crippen LogP contribution is -2.51. The van der Waals surface area contributed by atoms with Gasteiger partial charge in [0.2, 0.25) is 18.0 Å². The summed E-state index contributed by atoms with van der Waals surface area (Å²) in [5.74, 6) is -0.516. The predicted octanol–water partition coefficient (Wildman–Crippen LogP) is 10.3. The average Bonchev–Trinajstić information content (AvgIpc) is 3.78. The molecule has 2 amide bonds. The van der Waals surface area contributed by atoms with Gasteiger partial charge in [0.05, 0.1) is 27.3 Å². The maximum Gasteiger partial charge on any atom is 0.245 e. The average molecular weight is 754 g/mol. The number of carbonyl (C=O) groups is 2. The van der Waals surface area contributed by atoms with Crippen molar-refractivity contribution in [2.75, 3.05) is 19.6 Å². The zero-order chi connectivity index (χ0) is 39.1. The summed E-state index contributed by atoms with van der Waals surface area (Å²) >= 11 is 8.01. The van der Waals surface area contributed by atoms with Crippen LogP contribution in [0.15, 0.2) is 59.7 Å². The number of thiophene rings is 1. The first-order chi connectivity index (χ1) is 25.1. The number of aryl methyl sites for hydroxylation is 1. The molecule has 284 valence electrons. The van der Waals surface area contributed by atoms with Gasteiger partial charge in [0.25, 0.3) is 0 Å². The third-order valence-corrected chi connectivity index (χ3v) is 9.57. The van der Waals surface area contributed by atoms with Crippen LogP contribution in [0, 0.1) is 11.7 Å². The highest BCUT2D eigenvalue weighted by Crippen LogP contribution is 2.47. The lowest BCUT2D eigenvalue weighted by molar-refractivity contribution is -0.137. The Labute approximate surface area is 319 Å². The molecule has 2 N–H and O–H groups in total. The van der Waals surface area contributed by atoms with Crippen LogP contribution in [0.4, 0.5) is 4.39 Å². The van der Waals surface area contributed by atoms with E-state index in [4.69, 9.17) is 16.3 Å². The number of fused-ring (bicyclic) bond motifs is 5. The van der Waals surface area contributed by atoms with Crippen LogP contribution < -0.4 is 15.4 Å². The van der Waals surface area contributed by atoms with Crippen LogP contribution in [0.2, 0.25) is 5.02 Å². The third-order valence-electron chi connectivity index (χ3n) is 8.07. The van der Waals surface area contributed by atoms with Crippen molar-refractivity contribution >= 4 is 58.1 Å². The fraction of sp³-hybridized carbons (Fsp3) is 0.439. The first-order valence-corrected chi connectivity index (χ1v) is 19.6. The van der Waals surface area contributed by atoms with Crippen LogP contribution in [0.5, 0.6) is 5.75 Å². The van der Waals surface area contributed by atoms with Crippen molar-refractivity contribution in [3.8, 4) is 17.0 Å². The first kappa shape index (κ1) is 44.0. The van der Waals surface area contributed by atoms with Crippen LogP contribution in [0.1, 0.15) is 97.7 Å². The number of rotatable bonds is 12. The number of aromatic nitrogens is 1. The second kappa shape index (κ2) is 21.4. The molecule has 2 atom stereocenters. The molecule has 2 aromatic carbocycles. The molecule has 5 rings (SSSR count). The highest BCUT2D eigenvalue weighted by molar-refractivity contribution is 7.12. The van der Waals surface area contributed by atoms with Crippen molar-refractivity contribution in [3.63, 3.8) is 0 Å². The van der Waals surface area contributed by atoms with Gasteiger partial charge in [-0.25, -0.2) is 4.39 Å². The smallest absolute Gasteiger partial charge is 0.245 e. The van der Waals surface area contributed by atoms with E-state index in [1.54, 1.807) is 16.2 Å². The normalized spacial score (nSPS) is 13.4. The van der Waals surface area contributed by atoms with Gasteiger partial charge in [-0.15, -0.1) is 11.3 Å². The minimum absolute atomic E-state index is 0.0699. The zero-order valence-electron chi connectivity index (χ0n) is 32.7. The molecule has 1 aliphatic rings. The Kier molecular flexibility index (Phi) is 18.1. The molecule has 8 nitrogen and oxygen atoms in total. The Hall–Kier alpha value is -4.15. The van der Waals surface area contributed by atoms with Crippen molar-refractivity contribution < 1.29 is 18.7 Å². The summed E-state index contributed by atoms with van der Waals surface area (Å²) in [5, 5.41) is 7.57. The molecule has 2 aromatic heterocycles. The van der Waals surface area contributed by atoms with E-state index in [-0.39, 0.29) is 17.7 Å². The Morgan fingerprint density at radius 1 is 1.08 bits per heavy atom. The van der Waals surface area contributed by atoms with E-state index < -0.39 is 18.1 Å².